The van der Waals surface area contributed by atoms with Crippen LogP contribution in [-0.2, 0) is 0 Å². The van der Waals surface area contributed by atoms with Crippen LogP contribution in [0.2, 0.25) is 0 Å². The molecule has 0 aliphatic heterocycles. The molecule has 0 fully saturated rings. The number of aromatic hydroxyl groups is 1. The van der Waals surface area contributed by atoms with Gasteiger partial charge in [-0.2, -0.15) is 0 Å². The normalized spacial score (nSPS) is 10.2. The van der Waals surface area contributed by atoms with Crippen molar-refractivity contribution in [2.75, 3.05) is 0 Å². The Kier molecular flexibility index (Phi) is 5.02. The molecule has 3 heteroatoms. The van der Waals surface area contributed by atoms with E-state index in [1.807, 2.05) is 43.3 Å². The van der Waals surface area contributed by atoms with Crippen molar-refractivity contribution in [2.24, 2.45) is 4.99 Å². The minimum atomic E-state index is 0. The van der Waals surface area contributed by atoms with E-state index >= 15 is 0 Å². The number of hydrogen-bond donors (Lipinski definition) is 1. The molecule has 0 saturated heterocycles. The molecule has 0 saturated carbocycles. The SMILES string of the molecule is Cc1ccccc1N=Cc1ccccc1O.[LiH]. The van der Waals surface area contributed by atoms with Gasteiger partial charge in [0.2, 0.25) is 0 Å². The summed E-state index contributed by atoms with van der Waals surface area (Å²) in [6, 6.07) is 15.0. The van der Waals surface area contributed by atoms with E-state index in [1.165, 1.54) is 0 Å². The predicted molar refractivity (Wildman–Crippen MR) is 73.7 cm³/mol. The van der Waals surface area contributed by atoms with Crippen molar-refractivity contribution >= 4 is 30.8 Å². The van der Waals surface area contributed by atoms with Crippen molar-refractivity contribution in [3.05, 3.63) is 59.7 Å². The zero-order chi connectivity index (χ0) is 11.4. The van der Waals surface area contributed by atoms with Gasteiger partial charge < -0.3 is 5.11 Å². The van der Waals surface area contributed by atoms with Crippen molar-refractivity contribution in [1.82, 2.24) is 0 Å². The maximum atomic E-state index is 9.57. The van der Waals surface area contributed by atoms with Crippen LogP contribution in [0.25, 0.3) is 0 Å². The van der Waals surface area contributed by atoms with E-state index in [1.54, 1.807) is 18.3 Å². The first-order chi connectivity index (χ1) is 7.77. The fourth-order valence-electron chi connectivity index (χ4n) is 1.44. The number of phenols is 1. The summed E-state index contributed by atoms with van der Waals surface area (Å²) in [5.41, 5.74) is 2.77. The fraction of sp³-hybridized carbons (Fsp3) is 0.0714. The second-order valence-corrected chi connectivity index (χ2v) is 3.60. The van der Waals surface area contributed by atoms with Crippen LogP contribution >= 0.6 is 0 Å². The molecule has 82 valence electrons. The molecule has 0 spiro atoms. The van der Waals surface area contributed by atoms with E-state index < -0.39 is 0 Å². The van der Waals surface area contributed by atoms with Gasteiger partial charge in [-0.1, -0.05) is 30.3 Å². The van der Waals surface area contributed by atoms with Crippen molar-refractivity contribution in [1.29, 1.82) is 0 Å². The summed E-state index contributed by atoms with van der Waals surface area (Å²) in [6.45, 7) is 2.01. The van der Waals surface area contributed by atoms with Gasteiger partial charge in [0.15, 0.2) is 0 Å². The summed E-state index contributed by atoms with van der Waals surface area (Å²) < 4.78 is 0. The molecule has 2 aromatic carbocycles. The molecule has 0 bridgehead atoms. The summed E-state index contributed by atoms with van der Waals surface area (Å²) in [5, 5.41) is 9.57. The first-order valence-electron chi connectivity index (χ1n) is 5.15. The number of benzene rings is 2. The minimum absolute atomic E-state index is 0. The second-order valence-electron chi connectivity index (χ2n) is 3.60. The Morgan fingerprint density at radius 1 is 1.00 bits per heavy atom. The van der Waals surface area contributed by atoms with Crippen molar-refractivity contribution in [2.45, 2.75) is 6.92 Å². The molecule has 0 atom stereocenters. The Morgan fingerprint density at radius 3 is 2.35 bits per heavy atom. The van der Waals surface area contributed by atoms with E-state index in [4.69, 9.17) is 0 Å². The summed E-state index contributed by atoms with van der Waals surface area (Å²) in [4.78, 5) is 4.35. The summed E-state index contributed by atoms with van der Waals surface area (Å²) in [5.74, 6) is 0.250. The maximum absolute atomic E-state index is 9.57. The zero-order valence-corrected chi connectivity index (χ0v) is 9.09. The molecule has 1 N–H and O–H groups in total. The Bertz CT molecular complexity index is 476. The third kappa shape index (κ3) is 3.49. The molecule has 0 radical (unpaired) electrons. The molecule has 2 rings (SSSR count). The van der Waals surface area contributed by atoms with Crippen LogP contribution in [0.1, 0.15) is 11.1 Å². The summed E-state index contributed by atoms with van der Waals surface area (Å²) in [6.07, 6.45) is 1.68. The standard InChI is InChI=1S/C14H13NO.Li.H/c1-11-6-2-4-8-13(11)15-10-12-7-3-5-9-14(12)16;;/h2-10,16H,1H3;;. The van der Waals surface area contributed by atoms with Crippen LogP contribution < -0.4 is 0 Å². The molecule has 0 aromatic heterocycles. The Hall–Kier alpha value is -1.49. The molecular weight excluding hydrogens is 205 g/mol. The van der Waals surface area contributed by atoms with Crippen LogP contribution in [0.4, 0.5) is 5.69 Å². The molecule has 0 unspecified atom stereocenters. The third-order valence-corrected chi connectivity index (χ3v) is 2.39. The van der Waals surface area contributed by atoms with E-state index in [2.05, 4.69) is 4.99 Å². The van der Waals surface area contributed by atoms with Crippen LogP contribution in [0.3, 0.4) is 0 Å². The van der Waals surface area contributed by atoms with Gasteiger partial charge in [-0.15, -0.1) is 0 Å². The summed E-state index contributed by atoms with van der Waals surface area (Å²) >= 11 is 0. The Balaban J connectivity index is 0.00000144. The van der Waals surface area contributed by atoms with Crippen LogP contribution in [0, 0.1) is 6.92 Å². The molecule has 0 aliphatic carbocycles. The number of nitrogens with zero attached hydrogens (tertiary/aromatic N) is 1. The Morgan fingerprint density at radius 2 is 1.65 bits per heavy atom. The van der Waals surface area contributed by atoms with Gasteiger partial charge in [-0.3, -0.25) is 4.99 Å². The number of aliphatic imine (C=N–C) groups is 1. The average Bonchev–Trinajstić information content (AvgIpc) is 2.30. The molecular formula is C14H14LiNO. The molecule has 0 aliphatic rings. The van der Waals surface area contributed by atoms with Gasteiger partial charge in [-0.25, -0.2) is 0 Å². The second kappa shape index (κ2) is 6.29. The first kappa shape index (κ1) is 13.6. The monoisotopic (exact) mass is 219 g/mol. The van der Waals surface area contributed by atoms with Crippen molar-refractivity contribution in [3.8, 4) is 5.75 Å². The quantitative estimate of drug-likeness (QED) is 0.611. The number of phenolic OH excluding ortho intramolecular Hbond substituents is 1. The number of rotatable bonds is 2. The molecule has 0 amide bonds. The van der Waals surface area contributed by atoms with Crippen LogP contribution in [-0.4, -0.2) is 30.2 Å². The van der Waals surface area contributed by atoms with Crippen LogP contribution in [0.15, 0.2) is 53.5 Å². The molecule has 2 aromatic rings. The number of aryl methyl sites for hydroxylation is 1. The predicted octanol–water partition coefficient (Wildman–Crippen LogP) is 2.80. The molecule has 2 nitrogen and oxygen atoms in total. The topological polar surface area (TPSA) is 32.6 Å². The zero-order valence-electron chi connectivity index (χ0n) is 9.09. The van der Waals surface area contributed by atoms with E-state index in [0.29, 0.717) is 0 Å². The van der Waals surface area contributed by atoms with E-state index in [0.717, 1.165) is 16.8 Å². The number of para-hydroxylation sites is 2. The molecule has 0 heterocycles. The van der Waals surface area contributed by atoms with Gasteiger partial charge >= 0.3 is 18.9 Å². The van der Waals surface area contributed by atoms with Gasteiger partial charge in [0.25, 0.3) is 0 Å². The fourth-order valence-corrected chi connectivity index (χ4v) is 1.44. The van der Waals surface area contributed by atoms with Gasteiger partial charge in [0, 0.05) is 11.8 Å². The average molecular weight is 219 g/mol. The van der Waals surface area contributed by atoms with E-state index in [-0.39, 0.29) is 24.6 Å². The van der Waals surface area contributed by atoms with Gasteiger partial charge in [0.05, 0.1) is 5.69 Å². The summed E-state index contributed by atoms with van der Waals surface area (Å²) in [7, 11) is 0. The van der Waals surface area contributed by atoms with Gasteiger partial charge in [0.1, 0.15) is 5.75 Å². The first-order valence-corrected chi connectivity index (χ1v) is 5.15. The van der Waals surface area contributed by atoms with Gasteiger partial charge in [-0.05, 0) is 30.7 Å². The third-order valence-electron chi connectivity index (χ3n) is 2.39. The number of hydrogen-bond acceptors (Lipinski definition) is 2. The Labute approximate surface area is 113 Å². The van der Waals surface area contributed by atoms with Crippen molar-refractivity contribution in [3.63, 3.8) is 0 Å². The van der Waals surface area contributed by atoms with Crippen molar-refractivity contribution < 1.29 is 5.11 Å². The molecule has 17 heavy (non-hydrogen) atoms. The van der Waals surface area contributed by atoms with Crippen LogP contribution in [0.5, 0.6) is 5.75 Å². The van der Waals surface area contributed by atoms with E-state index in [9.17, 15) is 5.11 Å².